The first-order valence-corrected chi connectivity index (χ1v) is 5.54. The fourth-order valence-corrected chi connectivity index (χ4v) is 1.69. The Hall–Kier alpha value is -2.63. The van der Waals surface area contributed by atoms with Gasteiger partial charge in [-0.3, -0.25) is 4.79 Å². The minimum atomic E-state index is -1.09. The number of carbonyl (C=O) groups excluding carboxylic acids is 1. The van der Waals surface area contributed by atoms with E-state index in [0.717, 1.165) is 0 Å². The number of carboxylic acids is 1. The lowest BCUT2D eigenvalue weighted by Crippen LogP contribution is -2.27. The number of carbonyl (C=O) groups is 2. The summed E-state index contributed by atoms with van der Waals surface area (Å²) in [6, 6.07) is 7.76. The van der Waals surface area contributed by atoms with E-state index in [1.165, 1.54) is 24.1 Å². The van der Waals surface area contributed by atoms with Gasteiger partial charge in [-0.05, 0) is 19.1 Å². The molecule has 0 radical (unpaired) electrons. The Morgan fingerprint density at radius 1 is 1.32 bits per heavy atom. The molecule has 98 valence electrons. The predicted molar refractivity (Wildman–Crippen MR) is 67.4 cm³/mol. The number of nitrogens with zero attached hydrogens (tertiary/aromatic N) is 2. The summed E-state index contributed by atoms with van der Waals surface area (Å²) in [5.74, 6) is -1.47. The SMILES string of the molecule is Cc1cc(C(=O)N(C)c2ccccc2C(=O)O)on1. The molecule has 6 nitrogen and oxygen atoms in total. The number of anilines is 1. The lowest BCUT2D eigenvalue weighted by Gasteiger charge is -2.17. The van der Waals surface area contributed by atoms with Crippen molar-refractivity contribution < 1.29 is 19.2 Å². The van der Waals surface area contributed by atoms with E-state index < -0.39 is 11.9 Å². The van der Waals surface area contributed by atoms with Crippen molar-refractivity contribution >= 4 is 17.6 Å². The van der Waals surface area contributed by atoms with E-state index in [2.05, 4.69) is 5.16 Å². The summed E-state index contributed by atoms with van der Waals surface area (Å²) >= 11 is 0. The maximum absolute atomic E-state index is 12.1. The Labute approximate surface area is 109 Å². The van der Waals surface area contributed by atoms with Crippen molar-refractivity contribution in [3.8, 4) is 0 Å². The normalized spacial score (nSPS) is 10.2. The molecule has 19 heavy (non-hydrogen) atoms. The van der Waals surface area contributed by atoms with Gasteiger partial charge in [-0.25, -0.2) is 4.79 Å². The van der Waals surface area contributed by atoms with Crippen molar-refractivity contribution in [2.24, 2.45) is 0 Å². The van der Waals surface area contributed by atoms with Gasteiger partial charge in [-0.2, -0.15) is 0 Å². The van der Waals surface area contributed by atoms with Gasteiger partial charge in [-0.15, -0.1) is 0 Å². The lowest BCUT2D eigenvalue weighted by atomic mass is 10.1. The second kappa shape index (κ2) is 4.93. The number of hydrogen-bond donors (Lipinski definition) is 1. The third kappa shape index (κ3) is 2.47. The highest BCUT2D eigenvalue weighted by molar-refractivity contribution is 6.07. The molecule has 0 bridgehead atoms. The lowest BCUT2D eigenvalue weighted by molar-refractivity contribution is 0.0697. The second-order valence-corrected chi connectivity index (χ2v) is 4.02. The summed E-state index contributed by atoms with van der Waals surface area (Å²) in [6.45, 7) is 1.70. The van der Waals surface area contributed by atoms with Crippen molar-refractivity contribution in [3.63, 3.8) is 0 Å². The highest BCUT2D eigenvalue weighted by atomic mass is 16.5. The second-order valence-electron chi connectivity index (χ2n) is 4.02. The first kappa shape index (κ1) is 12.8. The third-order valence-corrected chi connectivity index (χ3v) is 2.64. The maximum atomic E-state index is 12.1. The van der Waals surface area contributed by atoms with Crippen molar-refractivity contribution in [2.75, 3.05) is 11.9 Å². The smallest absolute Gasteiger partial charge is 0.337 e. The molecule has 0 unspecified atom stereocenters. The molecule has 0 atom stereocenters. The largest absolute Gasteiger partial charge is 0.478 e. The van der Waals surface area contributed by atoms with Gasteiger partial charge in [0.15, 0.2) is 0 Å². The van der Waals surface area contributed by atoms with Crippen LogP contribution in [0.5, 0.6) is 0 Å². The number of aromatic nitrogens is 1. The molecular formula is C13H12N2O4. The monoisotopic (exact) mass is 260 g/mol. The van der Waals surface area contributed by atoms with E-state index >= 15 is 0 Å². The number of aryl methyl sites for hydroxylation is 1. The van der Waals surface area contributed by atoms with Crippen LogP contribution in [0.1, 0.15) is 26.6 Å². The minimum absolute atomic E-state index is 0.0505. The molecule has 6 heteroatoms. The standard InChI is InChI=1S/C13H12N2O4/c1-8-7-11(19-14-8)12(16)15(2)10-6-4-3-5-9(10)13(17)18/h3-7H,1-2H3,(H,17,18). The van der Waals surface area contributed by atoms with Gasteiger partial charge in [-0.1, -0.05) is 17.3 Å². The van der Waals surface area contributed by atoms with Crippen molar-refractivity contribution in [1.82, 2.24) is 5.16 Å². The molecule has 0 aliphatic carbocycles. The van der Waals surface area contributed by atoms with E-state index in [1.807, 2.05) is 0 Å². The molecule has 1 N–H and O–H groups in total. The van der Waals surface area contributed by atoms with E-state index in [9.17, 15) is 9.59 Å². The summed E-state index contributed by atoms with van der Waals surface area (Å²) in [7, 11) is 1.49. The highest BCUT2D eigenvalue weighted by Crippen LogP contribution is 2.21. The summed E-state index contributed by atoms with van der Waals surface area (Å²) < 4.78 is 4.88. The Morgan fingerprint density at radius 2 is 2.00 bits per heavy atom. The first-order chi connectivity index (χ1) is 9.00. The van der Waals surface area contributed by atoms with Crippen LogP contribution in [0.2, 0.25) is 0 Å². The van der Waals surface area contributed by atoms with Crippen LogP contribution in [0.25, 0.3) is 0 Å². The molecule has 1 aromatic heterocycles. The number of rotatable bonds is 3. The van der Waals surface area contributed by atoms with E-state index in [-0.39, 0.29) is 11.3 Å². The molecule has 1 heterocycles. The summed E-state index contributed by atoms with van der Waals surface area (Å²) in [5.41, 5.74) is 0.937. The molecular weight excluding hydrogens is 248 g/mol. The zero-order valence-electron chi connectivity index (χ0n) is 10.5. The molecule has 0 fully saturated rings. The zero-order valence-corrected chi connectivity index (χ0v) is 10.5. The van der Waals surface area contributed by atoms with Gasteiger partial charge in [0, 0.05) is 13.1 Å². The number of para-hydroxylation sites is 1. The Kier molecular flexibility index (Phi) is 3.33. The van der Waals surface area contributed by atoms with Crippen LogP contribution in [0.3, 0.4) is 0 Å². The Balaban J connectivity index is 2.37. The fraction of sp³-hybridized carbons (Fsp3) is 0.154. The summed E-state index contributed by atoms with van der Waals surface area (Å²) in [4.78, 5) is 24.5. The van der Waals surface area contributed by atoms with Crippen molar-refractivity contribution in [2.45, 2.75) is 6.92 Å². The van der Waals surface area contributed by atoms with Crippen LogP contribution in [0.4, 0.5) is 5.69 Å². The van der Waals surface area contributed by atoms with Crippen molar-refractivity contribution in [1.29, 1.82) is 0 Å². The number of amides is 1. The first-order valence-electron chi connectivity index (χ1n) is 5.54. The molecule has 1 aromatic carbocycles. The number of hydrogen-bond acceptors (Lipinski definition) is 4. The predicted octanol–water partition coefficient (Wildman–Crippen LogP) is 1.96. The van der Waals surface area contributed by atoms with Crippen LogP contribution >= 0.6 is 0 Å². The third-order valence-electron chi connectivity index (χ3n) is 2.64. The zero-order chi connectivity index (χ0) is 14.0. The molecule has 2 aromatic rings. The van der Waals surface area contributed by atoms with E-state index in [1.54, 1.807) is 25.1 Å². The van der Waals surface area contributed by atoms with E-state index in [4.69, 9.17) is 9.63 Å². The van der Waals surface area contributed by atoms with Gasteiger partial charge >= 0.3 is 5.97 Å². The molecule has 1 amide bonds. The maximum Gasteiger partial charge on any atom is 0.337 e. The fourth-order valence-electron chi connectivity index (χ4n) is 1.69. The summed E-state index contributed by atoms with van der Waals surface area (Å²) in [5, 5.41) is 12.7. The molecule has 2 rings (SSSR count). The molecule has 0 saturated heterocycles. The Bertz CT molecular complexity index is 633. The Morgan fingerprint density at radius 3 is 2.58 bits per heavy atom. The molecule has 0 aliphatic rings. The minimum Gasteiger partial charge on any atom is -0.478 e. The number of carboxylic acid groups (broad SMARTS) is 1. The van der Waals surface area contributed by atoms with Crippen LogP contribution in [0, 0.1) is 6.92 Å². The molecule has 0 saturated carbocycles. The van der Waals surface area contributed by atoms with E-state index in [0.29, 0.717) is 11.4 Å². The quantitative estimate of drug-likeness (QED) is 0.911. The average Bonchev–Trinajstić information content (AvgIpc) is 2.83. The molecule has 0 spiro atoms. The van der Waals surface area contributed by atoms with Crippen LogP contribution in [0.15, 0.2) is 34.9 Å². The van der Waals surface area contributed by atoms with Crippen LogP contribution in [-0.4, -0.2) is 29.2 Å². The van der Waals surface area contributed by atoms with Crippen molar-refractivity contribution in [3.05, 3.63) is 47.3 Å². The summed E-state index contributed by atoms with van der Waals surface area (Å²) in [6.07, 6.45) is 0. The van der Waals surface area contributed by atoms with Gasteiger partial charge in [0.25, 0.3) is 5.91 Å². The van der Waals surface area contributed by atoms with Gasteiger partial charge in [0.2, 0.25) is 5.76 Å². The number of aromatic carboxylic acids is 1. The van der Waals surface area contributed by atoms with Gasteiger partial charge in [0.05, 0.1) is 16.9 Å². The van der Waals surface area contributed by atoms with Gasteiger partial charge < -0.3 is 14.5 Å². The van der Waals surface area contributed by atoms with Crippen LogP contribution < -0.4 is 4.90 Å². The average molecular weight is 260 g/mol. The number of benzene rings is 1. The molecule has 0 aliphatic heterocycles. The van der Waals surface area contributed by atoms with Crippen LogP contribution in [-0.2, 0) is 0 Å². The topological polar surface area (TPSA) is 83.6 Å². The van der Waals surface area contributed by atoms with Gasteiger partial charge in [0.1, 0.15) is 0 Å². The highest BCUT2D eigenvalue weighted by Gasteiger charge is 2.21.